The molecule has 1 aliphatic heterocycles. The van der Waals surface area contributed by atoms with Crippen molar-refractivity contribution in [1.29, 1.82) is 0 Å². The van der Waals surface area contributed by atoms with E-state index in [4.69, 9.17) is 4.74 Å². The maximum absolute atomic E-state index is 5.36. The Hall–Kier alpha value is -1.52. The van der Waals surface area contributed by atoms with Crippen LogP contribution in [0.15, 0.2) is 24.4 Å². The minimum Gasteiger partial charge on any atom is -0.497 e. The summed E-state index contributed by atoms with van der Waals surface area (Å²) in [7, 11) is 6.03. The molecule has 0 unspecified atom stereocenters. The molecular formula is C16H23N3O. The van der Waals surface area contributed by atoms with E-state index >= 15 is 0 Å². The molecule has 0 N–H and O–H groups in total. The smallest absolute Gasteiger partial charge is 0.119 e. The number of hydrogen-bond acceptors (Lipinski definition) is 3. The van der Waals surface area contributed by atoms with Crippen molar-refractivity contribution >= 4 is 10.9 Å². The fraction of sp³-hybridized carbons (Fsp3) is 0.500. The summed E-state index contributed by atoms with van der Waals surface area (Å²) in [5.74, 6) is 0.934. The number of aryl methyl sites for hydroxylation is 1. The highest BCUT2D eigenvalue weighted by Crippen LogP contribution is 2.26. The Kier molecular flexibility index (Phi) is 3.68. The van der Waals surface area contributed by atoms with Crippen molar-refractivity contribution < 1.29 is 4.74 Å². The zero-order chi connectivity index (χ0) is 14.1. The van der Waals surface area contributed by atoms with Gasteiger partial charge in [0.1, 0.15) is 5.75 Å². The molecule has 1 aliphatic rings. The van der Waals surface area contributed by atoms with Gasteiger partial charge in [0, 0.05) is 56.9 Å². The molecule has 0 amide bonds. The van der Waals surface area contributed by atoms with Crippen LogP contribution in [0.2, 0.25) is 0 Å². The molecule has 0 spiro atoms. The molecule has 1 aromatic heterocycles. The molecule has 1 fully saturated rings. The van der Waals surface area contributed by atoms with Crippen LogP contribution in [0, 0.1) is 0 Å². The van der Waals surface area contributed by atoms with Gasteiger partial charge in [-0.15, -0.1) is 0 Å². The third-order valence-electron chi connectivity index (χ3n) is 4.27. The Bertz CT molecular complexity index is 597. The minimum absolute atomic E-state index is 0.934. The van der Waals surface area contributed by atoms with E-state index in [0.717, 1.165) is 38.5 Å². The number of piperazine rings is 1. The second kappa shape index (κ2) is 5.46. The number of hydrogen-bond donors (Lipinski definition) is 0. The molecule has 0 bridgehead atoms. The summed E-state index contributed by atoms with van der Waals surface area (Å²) in [5.41, 5.74) is 2.67. The van der Waals surface area contributed by atoms with Crippen LogP contribution < -0.4 is 4.74 Å². The first-order chi connectivity index (χ1) is 9.67. The average molecular weight is 273 g/mol. The molecular weight excluding hydrogens is 250 g/mol. The fourth-order valence-electron chi connectivity index (χ4n) is 2.95. The zero-order valence-electron chi connectivity index (χ0n) is 12.6. The van der Waals surface area contributed by atoms with Gasteiger partial charge in [0.15, 0.2) is 0 Å². The Labute approximate surface area is 120 Å². The lowest BCUT2D eigenvalue weighted by atomic mass is 10.1. The molecule has 2 aromatic rings. The van der Waals surface area contributed by atoms with E-state index in [1.807, 2.05) is 6.07 Å². The van der Waals surface area contributed by atoms with Crippen LogP contribution in [-0.2, 0) is 13.6 Å². The number of likely N-dealkylation sites (N-methyl/N-ethyl adjacent to an activating group) is 1. The fourth-order valence-corrected chi connectivity index (χ4v) is 2.95. The van der Waals surface area contributed by atoms with Gasteiger partial charge in [-0.25, -0.2) is 0 Å². The quantitative estimate of drug-likeness (QED) is 0.852. The SMILES string of the molecule is COc1ccc2c(c1)c(CN1CCN(C)CC1)cn2C. The maximum Gasteiger partial charge on any atom is 0.119 e. The second-order valence-electron chi connectivity index (χ2n) is 5.73. The lowest BCUT2D eigenvalue weighted by molar-refractivity contribution is 0.148. The van der Waals surface area contributed by atoms with Gasteiger partial charge in [-0.3, -0.25) is 4.90 Å². The largest absolute Gasteiger partial charge is 0.497 e. The minimum atomic E-state index is 0.934. The van der Waals surface area contributed by atoms with E-state index in [2.05, 4.69) is 46.8 Å². The molecule has 4 heteroatoms. The number of methoxy groups -OCH3 is 1. The van der Waals surface area contributed by atoms with Crippen molar-refractivity contribution in [1.82, 2.24) is 14.4 Å². The van der Waals surface area contributed by atoms with Gasteiger partial charge in [0.2, 0.25) is 0 Å². The zero-order valence-corrected chi connectivity index (χ0v) is 12.6. The molecule has 1 saturated heterocycles. The van der Waals surface area contributed by atoms with Crippen LogP contribution in [-0.4, -0.2) is 54.7 Å². The number of rotatable bonds is 3. The standard InChI is InChI=1S/C16H23N3O/c1-17-6-8-19(9-7-17)12-13-11-18(2)16-5-4-14(20-3)10-15(13)16/h4-5,10-11H,6-9,12H2,1-3H3. The predicted molar refractivity (Wildman–Crippen MR) is 82.2 cm³/mol. The van der Waals surface area contributed by atoms with Crippen LogP contribution in [0.4, 0.5) is 0 Å². The van der Waals surface area contributed by atoms with E-state index in [0.29, 0.717) is 0 Å². The Morgan fingerprint density at radius 3 is 2.55 bits per heavy atom. The molecule has 0 radical (unpaired) electrons. The summed E-state index contributed by atoms with van der Waals surface area (Å²) >= 11 is 0. The van der Waals surface area contributed by atoms with Crippen molar-refractivity contribution in [3.8, 4) is 5.75 Å². The summed E-state index contributed by atoms with van der Waals surface area (Å²) in [6, 6.07) is 6.32. The van der Waals surface area contributed by atoms with Gasteiger partial charge in [-0.2, -0.15) is 0 Å². The highest BCUT2D eigenvalue weighted by molar-refractivity contribution is 5.85. The molecule has 0 saturated carbocycles. The first-order valence-electron chi connectivity index (χ1n) is 7.20. The molecule has 3 rings (SSSR count). The highest BCUT2D eigenvalue weighted by atomic mass is 16.5. The Morgan fingerprint density at radius 1 is 1.10 bits per heavy atom. The highest BCUT2D eigenvalue weighted by Gasteiger charge is 2.16. The van der Waals surface area contributed by atoms with Crippen LogP contribution in [0.5, 0.6) is 5.75 Å². The van der Waals surface area contributed by atoms with Gasteiger partial charge in [0.05, 0.1) is 7.11 Å². The van der Waals surface area contributed by atoms with Gasteiger partial charge >= 0.3 is 0 Å². The van der Waals surface area contributed by atoms with Crippen molar-refractivity contribution in [3.63, 3.8) is 0 Å². The molecule has 108 valence electrons. The summed E-state index contributed by atoms with van der Waals surface area (Å²) in [5, 5.41) is 1.31. The van der Waals surface area contributed by atoms with E-state index in [1.165, 1.54) is 16.5 Å². The van der Waals surface area contributed by atoms with Crippen molar-refractivity contribution in [3.05, 3.63) is 30.0 Å². The summed E-state index contributed by atoms with van der Waals surface area (Å²) in [4.78, 5) is 4.93. The lowest BCUT2D eigenvalue weighted by Gasteiger charge is -2.32. The number of nitrogens with zero attached hydrogens (tertiary/aromatic N) is 3. The third-order valence-corrected chi connectivity index (χ3v) is 4.27. The molecule has 0 aliphatic carbocycles. The summed E-state index contributed by atoms with van der Waals surface area (Å²) < 4.78 is 7.57. The van der Waals surface area contributed by atoms with Crippen LogP contribution in [0.3, 0.4) is 0 Å². The lowest BCUT2D eigenvalue weighted by Crippen LogP contribution is -2.43. The van der Waals surface area contributed by atoms with Crippen LogP contribution in [0.1, 0.15) is 5.56 Å². The van der Waals surface area contributed by atoms with Gasteiger partial charge in [-0.05, 0) is 30.8 Å². The normalized spacial score (nSPS) is 17.8. The monoisotopic (exact) mass is 273 g/mol. The summed E-state index contributed by atoms with van der Waals surface area (Å²) in [6.45, 7) is 5.65. The van der Waals surface area contributed by atoms with Crippen molar-refractivity contribution in [2.45, 2.75) is 6.54 Å². The first kappa shape index (κ1) is 13.5. The van der Waals surface area contributed by atoms with Crippen molar-refractivity contribution in [2.75, 3.05) is 40.3 Å². The number of aromatic nitrogens is 1. The van der Waals surface area contributed by atoms with Gasteiger partial charge in [-0.1, -0.05) is 0 Å². The van der Waals surface area contributed by atoms with Crippen molar-refractivity contribution in [2.24, 2.45) is 7.05 Å². The average Bonchev–Trinajstić information content (AvgIpc) is 2.77. The molecule has 0 atom stereocenters. The predicted octanol–water partition coefficient (Wildman–Crippen LogP) is 1.93. The maximum atomic E-state index is 5.36. The molecule has 20 heavy (non-hydrogen) atoms. The Morgan fingerprint density at radius 2 is 1.85 bits per heavy atom. The molecule has 2 heterocycles. The number of ether oxygens (including phenoxy) is 1. The first-order valence-corrected chi connectivity index (χ1v) is 7.20. The van der Waals surface area contributed by atoms with E-state index < -0.39 is 0 Å². The van der Waals surface area contributed by atoms with E-state index in [-0.39, 0.29) is 0 Å². The van der Waals surface area contributed by atoms with Gasteiger partial charge < -0.3 is 14.2 Å². The third kappa shape index (κ3) is 2.53. The number of benzene rings is 1. The number of fused-ring (bicyclic) bond motifs is 1. The molecule has 4 nitrogen and oxygen atoms in total. The molecule has 1 aromatic carbocycles. The van der Waals surface area contributed by atoms with Crippen LogP contribution in [0.25, 0.3) is 10.9 Å². The van der Waals surface area contributed by atoms with E-state index in [9.17, 15) is 0 Å². The topological polar surface area (TPSA) is 20.6 Å². The van der Waals surface area contributed by atoms with Crippen LogP contribution >= 0.6 is 0 Å². The second-order valence-corrected chi connectivity index (χ2v) is 5.73. The summed E-state index contributed by atoms with van der Waals surface area (Å²) in [6.07, 6.45) is 2.25. The Balaban J connectivity index is 1.87. The van der Waals surface area contributed by atoms with E-state index in [1.54, 1.807) is 7.11 Å². The van der Waals surface area contributed by atoms with Gasteiger partial charge in [0.25, 0.3) is 0 Å².